The molecular weight excluding hydrogens is 250 g/mol. The molecule has 2 aromatic rings. The number of aliphatic hydroxyl groups excluding tert-OH is 1. The van der Waals surface area contributed by atoms with Crippen molar-refractivity contribution in [3.63, 3.8) is 0 Å². The Balaban J connectivity index is 1.64. The molecule has 0 spiro atoms. The highest BCUT2D eigenvalue weighted by Gasteiger charge is 2.23. The van der Waals surface area contributed by atoms with Crippen molar-refractivity contribution in [1.82, 2.24) is 14.7 Å². The quantitative estimate of drug-likeness (QED) is 0.929. The number of hydrogen-bond donors (Lipinski definition) is 1. The number of hydrogen-bond acceptors (Lipinski definition) is 3. The summed E-state index contributed by atoms with van der Waals surface area (Å²) in [6, 6.07) is 10.4. The van der Waals surface area contributed by atoms with E-state index in [1.165, 1.54) is 5.56 Å². The van der Waals surface area contributed by atoms with E-state index in [9.17, 15) is 5.11 Å². The number of aromatic nitrogens is 2. The van der Waals surface area contributed by atoms with Crippen molar-refractivity contribution in [2.45, 2.75) is 26.0 Å². The Labute approximate surface area is 119 Å². The van der Waals surface area contributed by atoms with Gasteiger partial charge in [0, 0.05) is 25.5 Å². The van der Waals surface area contributed by atoms with Crippen molar-refractivity contribution in [2.75, 3.05) is 13.1 Å². The molecule has 0 amide bonds. The van der Waals surface area contributed by atoms with Gasteiger partial charge in [-0.1, -0.05) is 19.1 Å². The van der Waals surface area contributed by atoms with Crippen LogP contribution < -0.4 is 0 Å². The van der Waals surface area contributed by atoms with Gasteiger partial charge in [-0.05, 0) is 42.6 Å². The lowest BCUT2D eigenvalue weighted by Gasteiger charge is -2.34. The van der Waals surface area contributed by atoms with Crippen molar-refractivity contribution in [1.29, 1.82) is 0 Å². The third kappa shape index (κ3) is 2.92. The molecule has 2 heterocycles. The lowest BCUT2D eigenvalue weighted by atomic mass is 9.96. The van der Waals surface area contributed by atoms with Crippen LogP contribution in [0.25, 0.3) is 5.69 Å². The first kappa shape index (κ1) is 13.3. The van der Waals surface area contributed by atoms with Gasteiger partial charge in [-0.25, -0.2) is 4.68 Å². The zero-order chi connectivity index (χ0) is 13.9. The first-order chi connectivity index (χ1) is 9.72. The van der Waals surface area contributed by atoms with Crippen LogP contribution in [0.3, 0.4) is 0 Å². The monoisotopic (exact) mass is 271 g/mol. The maximum atomic E-state index is 9.94. The lowest BCUT2D eigenvalue weighted by Crippen LogP contribution is -2.42. The molecule has 3 rings (SSSR count). The molecular formula is C16H21N3O. The first-order valence-electron chi connectivity index (χ1n) is 7.22. The van der Waals surface area contributed by atoms with Crippen molar-refractivity contribution >= 4 is 0 Å². The Morgan fingerprint density at radius 2 is 2.10 bits per heavy atom. The smallest absolute Gasteiger partial charge is 0.0693 e. The highest BCUT2D eigenvalue weighted by Crippen LogP contribution is 2.19. The number of aliphatic hydroxyl groups is 1. The van der Waals surface area contributed by atoms with Crippen molar-refractivity contribution < 1.29 is 5.11 Å². The van der Waals surface area contributed by atoms with E-state index in [2.05, 4.69) is 41.2 Å². The van der Waals surface area contributed by atoms with E-state index in [1.807, 2.05) is 16.9 Å². The summed E-state index contributed by atoms with van der Waals surface area (Å²) in [7, 11) is 0. The Hall–Kier alpha value is -1.65. The molecule has 0 aliphatic carbocycles. The van der Waals surface area contributed by atoms with Crippen LogP contribution >= 0.6 is 0 Å². The number of β-amino-alcohol motifs (C(OH)–C–C–N with tert-alkyl or cyclic N) is 1. The summed E-state index contributed by atoms with van der Waals surface area (Å²) in [5, 5.41) is 14.2. The fourth-order valence-electron chi connectivity index (χ4n) is 2.69. The van der Waals surface area contributed by atoms with Crippen molar-refractivity contribution in [3.05, 3.63) is 48.3 Å². The third-order valence-electron chi connectivity index (χ3n) is 4.11. The minimum absolute atomic E-state index is 0.188. The van der Waals surface area contributed by atoms with Crippen LogP contribution in [0, 0.1) is 5.92 Å². The SMILES string of the molecule is CC1CCN(Cc2ccc(-n3cccn3)cc2)CC1O. The molecule has 1 fully saturated rings. The summed E-state index contributed by atoms with van der Waals surface area (Å²) in [4.78, 5) is 2.33. The highest BCUT2D eigenvalue weighted by molar-refractivity contribution is 5.33. The normalized spacial score (nSPS) is 23.9. The minimum Gasteiger partial charge on any atom is -0.392 e. The molecule has 1 aliphatic heterocycles. The van der Waals surface area contributed by atoms with Gasteiger partial charge in [-0.15, -0.1) is 0 Å². The van der Waals surface area contributed by atoms with E-state index < -0.39 is 0 Å². The maximum Gasteiger partial charge on any atom is 0.0693 e. The minimum atomic E-state index is -0.188. The topological polar surface area (TPSA) is 41.3 Å². The van der Waals surface area contributed by atoms with Crippen LogP contribution in [0.4, 0.5) is 0 Å². The van der Waals surface area contributed by atoms with Gasteiger partial charge in [-0.3, -0.25) is 4.90 Å². The van der Waals surface area contributed by atoms with Gasteiger partial charge >= 0.3 is 0 Å². The molecule has 106 valence electrons. The maximum absolute atomic E-state index is 9.94. The summed E-state index contributed by atoms with van der Waals surface area (Å²) < 4.78 is 1.86. The highest BCUT2D eigenvalue weighted by atomic mass is 16.3. The number of benzene rings is 1. The molecule has 1 aromatic heterocycles. The molecule has 4 heteroatoms. The van der Waals surface area contributed by atoms with Crippen molar-refractivity contribution in [2.24, 2.45) is 5.92 Å². The third-order valence-corrected chi connectivity index (χ3v) is 4.11. The predicted octanol–water partition coefficient (Wildman–Crippen LogP) is 2.08. The zero-order valence-electron chi connectivity index (χ0n) is 11.8. The summed E-state index contributed by atoms with van der Waals surface area (Å²) in [6.45, 7) is 4.88. The van der Waals surface area contributed by atoms with Crippen molar-refractivity contribution in [3.8, 4) is 5.69 Å². The number of nitrogens with zero attached hydrogens (tertiary/aromatic N) is 3. The van der Waals surface area contributed by atoms with Gasteiger partial charge in [0.05, 0.1) is 11.8 Å². The Morgan fingerprint density at radius 3 is 2.75 bits per heavy atom. The second-order valence-electron chi connectivity index (χ2n) is 5.69. The van der Waals surface area contributed by atoms with E-state index in [0.717, 1.165) is 31.7 Å². The summed E-state index contributed by atoms with van der Waals surface area (Å²) in [5.41, 5.74) is 2.36. The largest absolute Gasteiger partial charge is 0.392 e. The molecule has 1 N–H and O–H groups in total. The fraction of sp³-hybridized carbons (Fsp3) is 0.438. The zero-order valence-corrected chi connectivity index (χ0v) is 11.8. The second kappa shape index (κ2) is 5.77. The average molecular weight is 271 g/mol. The van der Waals surface area contributed by atoms with Crippen LogP contribution in [-0.2, 0) is 6.54 Å². The Morgan fingerprint density at radius 1 is 1.30 bits per heavy atom. The Bertz CT molecular complexity index is 535. The van der Waals surface area contributed by atoms with Gasteiger partial charge in [0.25, 0.3) is 0 Å². The fourth-order valence-corrected chi connectivity index (χ4v) is 2.69. The molecule has 2 unspecified atom stereocenters. The molecule has 1 aromatic carbocycles. The molecule has 1 saturated heterocycles. The molecule has 2 atom stereocenters. The van der Waals surface area contributed by atoms with Gasteiger partial charge in [0.1, 0.15) is 0 Å². The van der Waals surface area contributed by atoms with E-state index in [1.54, 1.807) is 6.20 Å². The molecule has 1 aliphatic rings. The van der Waals surface area contributed by atoms with Gasteiger partial charge in [0.15, 0.2) is 0 Å². The van der Waals surface area contributed by atoms with E-state index in [-0.39, 0.29) is 6.10 Å². The van der Waals surface area contributed by atoms with Crippen LogP contribution in [-0.4, -0.2) is 39.0 Å². The van der Waals surface area contributed by atoms with Gasteiger partial charge < -0.3 is 5.11 Å². The average Bonchev–Trinajstić information content (AvgIpc) is 2.98. The van der Waals surface area contributed by atoms with Crippen LogP contribution in [0.2, 0.25) is 0 Å². The van der Waals surface area contributed by atoms with Gasteiger partial charge in [0.2, 0.25) is 0 Å². The number of piperidine rings is 1. The number of rotatable bonds is 3. The molecule has 20 heavy (non-hydrogen) atoms. The molecule has 0 radical (unpaired) electrons. The van der Waals surface area contributed by atoms with Crippen LogP contribution in [0.5, 0.6) is 0 Å². The lowest BCUT2D eigenvalue weighted by molar-refractivity contribution is 0.0259. The number of likely N-dealkylation sites (tertiary alicyclic amines) is 1. The molecule has 0 bridgehead atoms. The van der Waals surface area contributed by atoms with E-state index >= 15 is 0 Å². The summed E-state index contributed by atoms with van der Waals surface area (Å²) in [6.07, 6.45) is 4.61. The van der Waals surface area contributed by atoms with E-state index in [0.29, 0.717) is 5.92 Å². The summed E-state index contributed by atoms with van der Waals surface area (Å²) >= 11 is 0. The van der Waals surface area contributed by atoms with E-state index in [4.69, 9.17) is 0 Å². The second-order valence-corrected chi connectivity index (χ2v) is 5.69. The molecule has 0 saturated carbocycles. The van der Waals surface area contributed by atoms with Crippen LogP contribution in [0.1, 0.15) is 18.9 Å². The van der Waals surface area contributed by atoms with Gasteiger partial charge in [-0.2, -0.15) is 5.10 Å². The molecule has 4 nitrogen and oxygen atoms in total. The van der Waals surface area contributed by atoms with Crippen LogP contribution in [0.15, 0.2) is 42.7 Å². The first-order valence-corrected chi connectivity index (χ1v) is 7.22. The summed E-state index contributed by atoms with van der Waals surface area (Å²) in [5.74, 6) is 0.424. The Kier molecular flexibility index (Phi) is 3.85. The standard InChI is InChI=1S/C16H21N3O/c1-13-7-10-18(12-16(13)20)11-14-3-5-15(6-4-14)19-9-2-8-17-19/h2-6,8-9,13,16,20H,7,10-12H2,1H3. The predicted molar refractivity (Wildman–Crippen MR) is 78.6 cm³/mol.